The molecule has 0 spiro atoms. The van der Waals surface area contributed by atoms with Crippen LogP contribution in [0, 0.1) is 13.8 Å². The van der Waals surface area contributed by atoms with Crippen molar-refractivity contribution in [3.8, 4) is 17.1 Å². The van der Waals surface area contributed by atoms with Crippen molar-refractivity contribution in [3.05, 3.63) is 125 Å². The number of aryl methyl sites for hydroxylation is 2. The monoisotopic (exact) mass is 505 g/mol. The molecule has 0 fully saturated rings. The number of hydrogen-bond acceptors (Lipinski definition) is 5. The summed E-state index contributed by atoms with van der Waals surface area (Å²) in [5.41, 5.74) is 7.20. The lowest BCUT2D eigenvalue weighted by molar-refractivity contribution is 0.0951. The molecule has 0 bridgehead atoms. The fourth-order valence-electron chi connectivity index (χ4n) is 3.86. The molecular formula is C30H27N5OS. The van der Waals surface area contributed by atoms with E-state index in [2.05, 4.69) is 87.4 Å². The number of amides is 1. The summed E-state index contributed by atoms with van der Waals surface area (Å²) in [7, 11) is 0. The second-order valence-corrected chi connectivity index (χ2v) is 9.81. The molecule has 0 saturated heterocycles. The van der Waals surface area contributed by atoms with E-state index in [4.69, 9.17) is 0 Å². The van der Waals surface area contributed by atoms with Crippen LogP contribution in [0.2, 0.25) is 0 Å². The van der Waals surface area contributed by atoms with Crippen molar-refractivity contribution in [1.82, 2.24) is 25.1 Å². The summed E-state index contributed by atoms with van der Waals surface area (Å²) < 4.78 is 2.11. The molecule has 1 amide bonds. The van der Waals surface area contributed by atoms with Crippen molar-refractivity contribution < 1.29 is 4.79 Å². The number of nitrogens with zero attached hydrogens (tertiary/aromatic N) is 4. The zero-order valence-electron chi connectivity index (χ0n) is 20.8. The second kappa shape index (κ2) is 11.2. The zero-order valence-corrected chi connectivity index (χ0v) is 21.6. The van der Waals surface area contributed by atoms with Gasteiger partial charge >= 0.3 is 0 Å². The van der Waals surface area contributed by atoms with Gasteiger partial charge in [0.05, 0.1) is 0 Å². The highest BCUT2D eigenvalue weighted by atomic mass is 32.2. The van der Waals surface area contributed by atoms with E-state index >= 15 is 0 Å². The molecule has 7 heteroatoms. The van der Waals surface area contributed by atoms with E-state index in [1.54, 1.807) is 24.2 Å². The van der Waals surface area contributed by atoms with Crippen molar-refractivity contribution in [2.75, 3.05) is 0 Å². The minimum absolute atomic E-state index is 0.0992. The van der Waals surface area contributed by atoms with Crippen LogP contribution < -0.4 is 5.32 Å². The molecule has 37 heavy (non-hydrogen) atoms. The van der Waals surface area contributed by atoms with Gasteiger partial charge in [0, 0.05) is 41.5 Å². The Kier molecular flexibility index (Phi) is 7.42. The van der Waals surface area contributed by atoms with Crippen molar-refractivity contribution in [3.63, 3.8) is 0 Å². The molecule has 1 N–H and O–H groups in total. The molecule has 0 saturated carbocycles. The molecular weight excluding hydrogens is 478 g/mol. The lowest BCUT2D eigenvalue weighted by Gasteiger charge is -2.11. The predicted octanol–water partition coefficient (Wildman–Crippen LogP) is 6.17. The Balaban J connectivity index is 1.31. The topological polar surface area (TPSA) is 72.7 Å². The number of carbonyl (C=O) groups excluding carboxylic acids is 1. The molecule has 2 aromatic heterocycles. The molecule has 5 aromatic rings. The maximum absolute atomic E-state index is 12.5. The minimum Gasteiger partial charge on any atom is -0.348 e. The number of hydrogen-bond donors (Lipinski definition) is 1. The normalized spacial score (nSPS) is 10.9. The third-order valence-corrected chi connectivity index (χ3v) is 7.02. The molecule has 6 nitrogen and oxygen atoms in total. The lowest BCUT2D eigenvalue weighted by atomic mass is 10.1. The van der Waals surface area contributed by atoms with E-state index in [1.807, 2.05) is 36.4 Å². The standard InChI is InChI=1S/C30H27N5OS/c1-21-3-9-25(10-4-21)28-33-34-30(35(28)27-13-5-22(2)6-14-27)37-20-24-7-11-26(12-8-24)29(36)32-19-23-15-17-31-18-16-23/h3-18H,19-20H2,1-2H3,(H,32,36). The number of thioether (sulfide) groups is 1. The van der Waals surface area contributed by atoms with Gasteiger partial charge in [0.1, 0.15) is 0 Å². The van der Waals surface area contributed by atoms with Crippen LogP contribution >= 0.6 is 11.8 Å². The highest BCUT2D eigenvalue weighted by Gasteiger charge is 2.16. The number of pyridine rings is 1. The van der Waals surface area contributed by atoms with Gasteiger partial charge in [-0.3, -0.25) is 14.3 Å². The first-order valence-corrected chi connectivity index (χ1v) is 13.0. The predicted molar refractivity (Wildman–Crippen MR) is 148 cm³/mol. The SMILES string of the molecule is Cc1ccc(-c2nnc(SCc3ccc(C(=O)NCc4ccncc4)cc3)n2-c2ccc(C)cc2)cc1. The number of carbonyl (C=O) groups is 1. The Morgan fingerprint density at radius 1 is 0.784 bits per heavy atom. The van der Waals surface area contributed by atoms with Gasteiger partial charge in [-0.05, 0) is 61.4 Å². The van der Waals surface area contributed by atoms with Crippen molar-refractivity contribution >= 4 is 17.7 Å². The summed E-state index contributed by atoms with van der Waals surface area (Å²) >= 11 is 1.62. The maximum Gasteiger partial charge on any atom is 0.251 e. The highest BCUT2D eigenvalue weighted by molar-refractivity contribution is 7.98. The van der Waals surface area contributed by atoms with E-state index in [0.29, 0.717) is 17.9 Å². The summed E-state index contributed by atoms with van der Waals surface area (Å²) in [6.45, 7) is 4.62. The molecule has 0 aliphatic rings. The molecule has 3 aromatic carbocycles. The van der Waals surface area contributed by atoms with Crippen molar-refractivity contribution in [1.29, 1.82) is 0 Å². The largest absolute Gasteiger partial charge is 0.348 e. The van der Waals surface area contributed by atoms with Crippen LogP contribution in [-0.4, -0.2) is 25.7 Å². The highest BCUT2D eigenvalue weighted by Crippen LogP contribution is 2.30. The summed E-state index contributed by atoms with van der Waals surface area (Å²) in [5.74, 6) is 1.42. The first-order chi connectivity index (χ1) is 18.1. The van der Waals surface area contributed by atoms with Crippen LogP contribution in [0.5, 0.6) is 0 Å². The minimum atomic E-state index is -0.0992. The lowest BCUT2D eigenvalue weighted by Crippen LogP contribution is -2.22. The van der Waals surface area contributed by atoms with E-state index in [-0.39, 0.29) is 5.91 Å². The van der Waals surface area contributed by atoms with Gasteiger partial charge in [-0.2, -0.15) is 0 Å². The molecule has 0 unspecified atom stereocenters. The fourth-order valence-corrected chi connectivity index (χ4v) is 4.77. The van der Waals surface area contributed by atoms with Gasteiger partial charge in [-0.15, -0.1) is 10.2 Å². The Labute approximate surface area is 220 Å². The summed E-state index contributed by atoms with van der Waals surface area (Å²) in [4.78, 5) is 16.5. The van der Waals surface area contributed by atoms with Gasteiger partial charge < -0.3 is 5.32 Å². The molecule has 0 radical (unpaired) electrons. The molecule has 184 valence electrons. The quantitative estimate of drug-likeness (QED) is 0.255. The Morgan fingerprint density at radius 2 is 1.43 bits per heavy atom. The van der Waals surface area contributed by atoms with E-state index in [0.717, 1.165) is 33.4 Å². The van der Waals surface area contributed by atoms with Crippen LogP contribution in [0.1, 0.15) is 32.6 Å². The third kappa shape index (κ3) is 5.95. The molecule has 0 atom stereocenters. The number of rotatable bonds is 8. The second-order valence-electron chi connectivity index (χ2n) is 8.87. The van der Waals surface area contributed by atoms with E-state index in [9.17, 15) is 4.79 Å². The first kappa shape index (κ1) is 24.5. The summed E-state index contributed by atoms with van der Waals surface area (Å²) in [6.07, 6.45) is 3.44. The molecule has 2 heterocycles. The van der Waals surface area contributed by atoms with Gasteiger partial charge in [-0.25, -0.2) is 0 Å². The Bertz CT molecular complexity index is 1480. The van der Waals surface area contributed by atoms with Crippen LogP contribution in [-0.2, 0) is 12.3 Å². The van der Waals surface area contributed by atoms with Crippen molar-refractivity contribution in [2.24, 2.45) is 0 Å². The van der Waals surface area contributed by atoms with Gasteiger partial charge in [0.15, 0.2) is 11.0 Å². The molecule has 0 aliphatic carbocycles. The van der Waals surface area contributed by atoms with Gasteiger partial charge in [0.2, 0.25) is 0 Å². The van der Waals surface area contributed by atoms with Gasteiger partial charge in [-0.1, -0.05) is 71.4 Å². The van der Waals surface area contributed by atoms with Crippen LogP contribution in [0.25, 0.3) is 17.1 Å². The average Bonchev–Trinajstić information content (AvgIpc) is 3.36. The fraction of sp³-hybridized carbons (Fsp3) is 0.133. The Morgan fingerprint density at radius 3 is 2.11 bits per heavy atom. The molecule has 0 aliphatic heterocycles. The third-order valence-electron chi connectivity index (χ3n) is 6.02. The van der Waals surface area contributed by atoms with E-state index in [1.165, 1.54) is 11.1 Å². The summed E-state index contributed by atoms with van der Waals surface area (Å²) in [5, 5.41) is 12.8. The smallest absolute Gasteiger partial charge is 0.251 e. The molecule has 5 rings (SSSR count). The number of aromatic nitrogens is 4. The van der Waals surface area contributed by atoms with Crippen LogP contribution in [0.15, 0.2) is 102 Å². The van der Waals surface area contributed by atoms with Crippen LogP contribution in [0.3, 0.4) is 0 Å². The summed E-state index contributed by atoms with van der Waals surface area (Å²) in [6, 6.07) is 28.2. The number of benzene rings is 3. The van der Waals surface area contributed by atoms with Crippen LogP contribution in [0.4, 0.5) is 0 Å². The number of nitrogens with one attached hydrogen (secondary N) is 1. The average molecular weight is 506 g/mol. The zero-order chi connectivity index (χ0) is 25.6. The Hall–Kier alpha value is -4.23. The van der Waals surface area contributed by atoms with E-state index < -0.39 is 0 Å². The van der Waals surface area contributed by atoms with Crippen molar-refractivity contribution in [2.45, 2.75) is 31.3 Å². The maximum atomic E-state index is 12.5. The first-order valence-electron chi connectivity index (χ1n) is 12.1. The van der Waals surface area contributed by atoms with Gasteiger partial charge in [0.25, 0.3) is 5.91 Å².